The molecule has 80 valence electrons. The zero-order valence-electron chi connectivity index (χ0n) is 9.34. The summed E-state index contributed by atoms with van der Waals surface area (Å²) in [7, 11) is 2.12. The van der Waals surface area contributed by atoms with Gasteiger partial charge in [-0.3, -0.25) is 0 Å². The number of aryl methyl sites for hydroxylation is 1. The van der Waals surface area contributed by atoms with Gasteiger partial charge < -0.3 is 15.1 Å². The molecule has 0 unspecified atom stereocenters. The first-order chi connectivity index (χ1) is 6.67. The van der Waals surface area contributed by atoms with E-state index >= 15 is 0 Å². The fourth-order valence-corrected chi connectivity index (χ4v) is 1.60. The average Bonchev–Trinajstić information content (AvgIpc) is 2.48. The monoisotopic (exact) mass is 196 g/mol. The van der Waals surface area contributed by atoms with Crippen LogP contribution in [0.2, 0.25) is 0 Å². The molecule has 0 saturated heterocycles. The first kappa shape index (κ1) is 11.3. The number of furan rings is 1. The molecule has 1 aromatic heterocycles. The van der Waals surface area contributed by atoms with Crippen molar-refractivity contribution in [3.05, 3.63) is 23.2 Å². The van der Waals surface area contributed by atoms with Gasteiger partial charge in [0.15, 0.2) is 0 Å². The summed E-state index contributed by atoms with van der Waals surface area (Å²) >= 11 is 0. The third kappa shape index (κ3) is 2.86. The van der Waals surface area contributed by atoms with Crippen molar-refractivity contribution >= 4 is 0 Å². The number of nitrogens with two attached hydrogens (primary N) is 1. The summed E-state index contributed by atoms with van der Waals surface area (Å²) in [5.41, 5.74) is 6.77. The second-order valence-corrected chi connectivity index (χ2v) is 3.74. The van der Waals surface area contributed by atoms with E-state index in [0.29, 0.717) is 6.54 Å². The predicted octanol–water partition coefficient (Wildman–Crippen LogP) is 1.89. The molecule has 3 nitrogen and oxygen atoms in total. The molecule has 1 rings (SSSR count). The van der Waals surface area contributed by atoms with Crippen LogP contribution in [0, 0.1) is 6.92 Å². The lowest BCUT2D eigenvalue weighted by molar-refractivity contribution is 0.324. The third-order valence-corrected chi connectivity index (χ3v) is 2.32. The van der Waals surface area contributed by atoms with Crippen molar-refractivity contribution in [2.45, 2.75) is 33.4 Å². The lowest BCUT2D eigenvalue weighted by atomic mass is 10.2. The summed E-state index contributed by atoms with van der Waals surface area (Å²) in [5, 5.41) is 0. The molecule has 0 aliphatic carbocycles. The molecule has 0 amide bonds. The quantitative estimate of drug-likeness (QED) is 0.782. The molecule has 1 heterocycles. The maximum Gasteiger partial charge on any atom is 0.118 e. The molecule has 2 N–H and O–H groups in total. The molecule has 0 aromatic carbocycles. The molecule has 0 aliphatic heterocycles. The van der Waals surface area contributed by atoms with Crippen LogP contribution < -0.4 is 5.73 Å². The van der Waals surface area contributed by atoms with Gasteiger partial charge in [-0.2, -0.15) is 0 Å². The fraction of sp³-hybridized carbons (Fsp3) is 0.636. The van der Waals surface area contributed by atoms with E-state index in [2.05, 4.69) is 24.9 Å². The summed E-state index contributed by atoms with van der Waals surface area (Å²) in [4.78, 5) is 2.29. The van der Waals surface area contributed by atoms with Crippen LogP contribution in [0.4, 0.5) is 0 Å². The average molecular weight is 196 g/mol. The molecular weight excluding hydrogens is 176 g/mol. The van der Waals surface area contributed by atoms with Gasteiger partial charge >= 0.3 is 0 Å². The second-order valence-electron chi connectivity index (χ2n) is 3.74. The van der Waals surface area contributed by atoms with Crippen molar-refractivity contribution in [2.75, 3.05) is 13.6 Å². The SMILES string of the molecule is CCCN(C)Cc1cc(CN)oc1C. The fourth-order valence-electron chi connectivity index (χ4n) is 1.60. The molecule has 0 saturated carbocycles. The van der Waals surface area contributed by atoms with E-state index in [1.165, 1.54) is 12.0 Å². The van der Waals surface area contributed by atoms with Crippen molar-refractivity contribution in [1.82, 2.24) is 4.90 Å². The standard InChI is InChI=1S/C11H20N2O/c1-4-5-13(3)8-10-6-11(7-12)14-9(10)2/h6H,4-5,7-8,12H2,1-3H3. The predicted molar refractivity (Wildman–Crippen MR) is 58.0 cm³/mol. The minimum absolute atomic E-state index is 0.484. The van der Waals surface area contributed by atoms with Crippen molar-refractivity contribution in [3.8, 4) is 0 Å². The van der Waals surface area contributed by atoms with Gasteiger partial charge in [-0.1, -0.05) is 6.92 Å². The number of nitrogens with zero attached hydrogens (tertiary/aromatic N) is 1. The lowest BCUT2D eigenvalue weighted by Gasteiger charge is -2.14. The maximum atomic E-state index is 5.51. The Morgan fingerprint density at radius 2 is 2.21 bits per heavy atom. The Hall–Kier alpha value is -0.800. The first-order valence-corrected chi connectivity index (χ1v) is 5.14. The highest BCUT2D eigenvalue weighted by molar-refractivity contribution is 5.20. The van der Waals surface area contributed by atoms with E-state index in [1.807, 2.05) is 6.92 Å². The first-order valence-electron chi connectivity index (χ1n) is 5.14. The molecule has 1 aromatic rings. The molecular formula is C11H20N2O. The third-order valence-electron chi connectivity index (χ3n) is 2.32. The highest BCUT2D eigenvalue weighted by Gasteiger charge is 2.07. The van der Waals surface area contributed by atoms with Crippen molar-refractivity contribution in [1.29, 1.82) is 0 Å². The minimum Gasteiger partial charge on any atom is -0.465 e. The van der Waals surface area contributed by atoms with Crippen molar-refractivity contribution < 1.29 is 4.42 Å². The van der Waals surface area contributed by atoms with Crippen LogP contribution in [0.5, 0.6) is 0 Å². The van der Waals surface area contributed by atoms with Gasteiger partial charge in [0.05, 0.1) is 6.54 Å². The van der Waals surface area contributed by atoms with Crippen LogP contribution in [0.3, 0.4) is 0 Å². The molecule has 0 spiro atoms. The summed E-state index contributed by atoms with van der Waals surface area (Å²) < 4.78 is 5.49. The van der Waals surface area contributed by atoms with Gasteiger partial charge in [0.2, 0.25) is 0 Å². The number of hydrogen-bond acceptors (Lipinski definition) is 3. The summed E-state index contributed by atoms with van der Waals surface area (Å²) in [5.74, 6) is 1.87. The van der Waals surface area contributed by atoms with Crippen LogP contribution in [0.25, 0.3) is 0 Å². The van der Waals surface area contributed by atoms with E-state index in [1.54, 1.807) is 0 Å². The van der Waals surface area contributed by atoms with Crippen LogP contribution >= 0.6 is 0 Å². The Labute approximate surface area is 85.9 Å². The van der Waals surface area contributed by atoms with Gasteiger partial charge in [-0.05, 0) is 33.0 Å². The molecule has 0 aliphatic rings. The Morgan fingerprint density at radius 3 is 2.71 bits per heavy atom. The Morgan fingerprint density at radius 1 is 1.50 bits per heavy atom. The van der Waals surface area contributed by atoms with Gasteiger partial charge in [0.25, 0.3) is 0 Å². The number of hydrogen-bond donors (Lipinski definition) is 1. The normalized spacial score (nSPS) is 11.2. The molecule has 0 radical (unpaired) electrons. The smallest absolute Gasteiger partial charge is 0.118 e. The molecule has 14 heavy (non-hydrogen) atoms. The second kappa shape index (κ2) is 5.17. The summed E-state index contributed by atoms with van der Waals surface area (Å²) in [6, 6.07) is 2.06. The van der Waals surface area contributed by atoms with E-state index in [0.717, 1.165) is 24.6 Å². The van der Waals surface area contributed by atoms with Crippen LogP contribution in [-0.2, 0) is 13.1 Å². The Bertz CT molecular complexity index is 281. The van der Waals surface area contributed by atoms with Gasteiger partial charge in [0, 0.05) is 12.1 Å². The van der Waals surface area contributed by atoms with Crippen molar-refractivity contribution in [3.63, 3.8) is 0 Å². The Balaban J connectivity index is 2.61. The molecule has 3 heteroatoms. The van der Waals surface area contributed by atoms with E-state index in [9.17, 15) is 0 Å². The molecule has 0 fully saturated rings. The minimum atomic E-state index is 0.484. The van der Waals surface area contributed by atoms with Crippen LogP contribution in [-0.4, -0.2) is 18.5 Å². The van der Waals surface area contributed by atoms with Gasteiger partial charge in [-0.15, -0.1) is 0 Å². The lowest BCUT2D eigenvalue weighted by Crippen LogP contribution is -2.18. The highest BCUT2D eigenvalue weighted by Crippen LogP contribution is 2.15. The van der Waals surface area contributed by atoms with Crippen molar-refractivity contribution in [2.24, 2.45) is 5.73 Å². The molecule has 0 bridgehead atoms. The topological polar surface area (TPSA) is 42.4 Å². The maximum absolute atomic E-state index is 5.51. The zero-order valence-corrected chi connectivity index (χ0v) is 9.34. The van der Waals surface area contributed by atoms with Gasteiger partial charge in [0.1, 0.15) is 11.5 Å². The van der Waals surface area contributed by atoms with E-state index < -0.39 is 0 Å². The number of rotatable bonds is 5. The zero-order chi connectivity index (χ0) is 10.6. The highest BCUT2D eigenvalue weighted by atomic mass is 16.3. The summed E-state index contributed by atoms with van der Waals surface area (Å²) in [6.07, 6.45) is 1.18. The Kier molecular flexibility index (Phi) is 4.17. The molecule has 0 atom stereocenters. The van der Waals surface area contributed by atoms with Crippen LogP contribution in [0.1, 0.15) is 30.4 Å². The summed E-state index contributed by atoms with van der Waals surface area (Å²) in [6.45, 7) is 6.72. The largest absolute Gasteiger partial charge is 0.465 e. The van der Waals surface area contributed by atoms with E-state index in [4.69, 9.17) is 10.2 Å². The van der Waals surface area contributed by atoms with Gasteiger partial charge in [-0.25, -0.2) is 0 Å². The van der Waals surface area contributed by atoms with Crippen LogP contribution in [0.15, 0.2) is 10.5 Å². The van der Waals surface area contributed by atoms with E-state index in [-0.39, 0.29) is 0 Å².